The van der Waals surface area contributed by atoms with E-state index < -0.39 is 5.82 Å². The van der Waals surface area contributed by atoms with Crippen LogP contribution in [0.4, 0.5) is 10.1 Å². The third-order valence-corrected chi connectivity index (χ3v) is 4.06. The number of hydrogen-bond donors (Lipinski definition) is 1. The molecule has 0 saturated carbocycles. The fourth-order valence-electron chi connectivity index (χ4n) is 1.32. The third-order valence-electron chi connectivity index (χ3n) is 2.21. The summed E-state index contributed by atoms with van der Waals surface area (Å²) in [6.07, 6.45) is 0. The molecule has 0 aliphatic rings. The minimum atomic E-state index is -0.490. The molecular weight excluding hydrogens is 343 g/mol. The van der Waals surface area contributed by atoms with Crippen molar-refractivity contribution in [3.05, 3.63) is 43.5 Å². The Morgan fingerprint density at radius 1 is 1.56 bits per heavy atom. The van der Waals surface area contributed by atoms with Gasteiger partial charge >= 0.3 is 0 Å². The molecule has 2 rings (SSSR count). The van der Waals surface area contributed by atoms with Crippen LogP contribution in [0.15, 0.2) is 22.1 Å². The Morgan fingerprint density at radius 3 is 2.89 bits per heavy atom. The largest absolute Gasteiger partial charge is 0.320 e. The normalized spacial score (nSPS) is 10.4. The van der Waals surface area contributed by atoms with Crippen LogP contribution in [0.3, 0.4) is 0 Å². The molecule has 1 aromatic carbocycles. The number of amides is 1. The maximum atomic E-state index is 13.4. The van der Waals surface area contributed by atoms with E-state index in [1.54, 1.807) is 12.4 Å². The van der Waals surface area contributed by atoms with Gasteiger partial charge in [-0.15, -0.1) is 11.3 Å². The Hall–Kier alpha value is -0.980. The molecule has 1 aromatic heterocycles. The third kappa shape index (κ3) is 2.71. The number of hydrogen-bond acceptors (Lipinski definition) is 3. The Kier molecular flexibility index (Phi) is 3.99. The first kappa shape index (κ1) is 13.5. The van der Waals surface area contributed by atoms with Crippen molar-refractivity contribution in [3.8, 4) is 0 Å². The lowest BCUT2D eigenvalue weighted by atomic mass is 10.3. The molecule has 0 atom stereocenters. The second-order valence-electron chi connectivity index (χ2n) is 3.47. The highest BCUT2D eigenvalue weighted by Gasteiger charge is 2.14. The number of anilines is 1. The van der Waals surface area contributed by atoms with E-state index in [1.807, 2.05) is 0 Å². The van der Waals surface area contributed by atoms with E-state index >= 15 is 0 Å². The predicted molar refractivity (Wildman–Crippen MR) is 73.9 cm³/mol. The van der Waals surface area contributed by atoms with Crippen molar-refractivity contribution < 1.29 is 9.18 Å². The molecule has 0 fully saturated rings. The molecule has 0 unspecified atom stereocenters. The molecule has 0 aliphatic heterocycles. The minimum Gasteiger partial charge on any atom is -0.320 e. The number of thiazole rings is 1. The summed E-state index contributed by atoms with van der Waals surface area (Å²) in [5.74, 6) is -0.839. The van der Waals surface area contributed by atoms with E-state index in [9.17, 15) is 9.18 Å². The molecule has 94 valence electrons. The minimum absolute atomic E-state index is 0.232. The summed E-state index contributed by atoms with van der Waals surface area (Å²) in [5, 5.41) is 2.82. The van der Waals surface area contributed by atoms with Crippen molar-refractivity contribution in [3.63, 3.8) is 0 Å². The van der Waals surface area contributed by atoms with Gasteiger partial charge in [0, 0.05) is 6.07 Å². The van der Waals surface area contributed by atoms with Gasteiger partial charge in [0.15, 0.2) is 0 Å². The molecule has 0 aliphatic carbocycles. The molecule has 1 heterocycles. The van der Waals surface area contributed by atoms with Crippen LogP contribution in [-0.4, -0.2) is 10.9 Å². The van der Waals surface area contributed by atoms with Crippen LogP contribution in [0.5, 0.6) is 0 Å². The van der Waals surface area contributed by atoms with Gasteiger partial charge in [-0.1, -0.05) is 11.6 Å². The van der Waals surface area contributed by atoms with Crippen LogP contribution in [-0.2, 0) is 0 Å². The molecule has 0 bridgehead atoms. The fourth-order valence-corrected chi connectivity index (χ4v) is 2.70. The summed E-state index contributed by atoms with van der Waals surface area (Å²) in [6.45, 7) is 1.73. The lowest BCUT2D eigenvalue weighted by Gasteiger charge is -2.07. The maximum absolute atomic E-state index is 13.4. The van der Waals surface area contributed by atoms with Gasteiger partial charge < -0.3 is 5.32 Å². The summed E-state index contributed by atoms with van der Waals surface area (Å²) in [5.41, 5.74) is 2.44. The average molecular weight is 350 g/mol. The molecule has 3 nitrogen and oxygen atoms in total. The zero-order chi connectivity index (χ0) is 13.3. The van der Waals surface area contributed by atoms with Crippen LogP contribution in [0.2, 0.25) is 5.02 Å². The molecule has 18 heavy (non-hydrogen) atoms. The zero-order valence-electron chi connectivity index (χ0n) is 9.13. The summed E-state index contributed by atoms with van der Waals surface area (Å²) in [6, 6.07) is 2.56. The highest BCUT2D eigenvalue weighted by Crippen LogP contribution is 2.29. The van der Waals surface area contributed by atoms with Crippen molar-refractivity contribution in [2.24, 2.45) is 0 Å². The summed E-state index contributed by atoms with van der Waals surface area (Å²) >= 11 is 10.2. The number of nitrogens with zero attached hydrogens (tertiary/aromatic N) is 1. The number of aromatic nitrogens is 1. The summed E-state index contributed by atoms with van der Waals surface area (Å²) in [4.78, 5) is 16.4. The molecule has 0 spiro atoms. The van der Waals surface area contributed by atoms with E-state index in [4.69, 9.17) is 11.6 Å². The summed E-state index contributed by atoms with van der Waals surface area (Å²) in [7, 11) is 0. The monoisotopic (exact) mass is 348 g/mol. The van der Waals surface area contributed by atoms with Crippen LogP contribution in [0.1, 0.15) is 15.4 Å². The van der Waals surface area contributed by atoms with Gasteiger partial charge in [0.25, 0.3) is 5.91 Å². The Bertz CT molecular complexity index is 617. The second-order valence-corrected chi connectivity index (χ2v) is 5.58. The molecule has 0 radical (unpaired) electrons. The highest BCUT2D eigenvalue weighted by atomic mass is 79.9. The van der Waals surface area contributed by atoms with Gasteiger partial charge in [0.2, 0.25) is 0 Å². The van der Waals surface area contributed by atoms with Crippen molar-refractivity contribution in [1.82, 2.24) is 4.98 Å². The van der Waals surface area contributed by atoms with Crippen LogP contribution in [0.25, 0.3) is 0 Å². The first-order valence-corrected chi connectivity index (χ1v) is 6.90. The van der Waals surface area contributed by atoms with Crippen molar-refractivity contribution in [2.45, 2.75) is 6.92 Å². The van der Waals surface area contributed by atoms with Crippen molar-refractivity contribution >= 4 is 50.5 Å². The first-order valence-electron chi connectivity index (χ1n) is 4.85. The maximum Gasteiger partial charge on any atom is 0.267 e. The summed E-state index contributed by atoms with van der Waals surface area (Å²) < 4.78 is 13.6. The lowest BCUT2D eigenvalue weighted by molar-refractivity contribution is 0.103. The Labute approximate surface area is 120 Å². The average Bonchev–Trinajstić information content (AvgIpc) is 2.72. The number of carbonyl (C=O) groups excluding carboxylic acids is 1. The van der Waals surface area contributed by atoms with Crippen molar-refractivity contribution in [1.29, 1.82) is 0 Å². The van der Waals surface area contributed by atoms with E-state index in [0.29, 0.717) is 10.6 Å². The van der Waals surface area contributed by atoms with E-state index in [1.165, 1.54) is 23.5 Å². The van der Waals surface area contributed by atoms with Gasteiger partial charge in [0.1, 0.15) is 10.7 Å². The van der Waals surface area contributed by atoms with Crippen LogP contribution < -0.4 is 5.32 Å². The quantitative estimate of drug-likeness (QED) is 0.823. The molecular formula is C11H7BrClFN2OS. The number of benzene rings is 1. The number of aryl methyl sites for hydroxylation is 1. The molecule has 1 amide bonds. The van der Waals surface area contributed by atoms with Gasteiger partial charge in [-0.3, -0.25) is 4.79 Å². The Morgan fingerprint density at radius 2 is 2.28 bits per heavy atom. The smallest absolute Gasteiger partial charge is 0.267 e. The molecule has 7 heteroatoms. The number of nitrogens with one attached hydrogen (secondary N) is 1. The molecule has 2 aromatic rings. The lowest BCUT2D eigenvalue weighted by Crippen LogP contribution is -2.12. The fraction of sp³-hybridized carbons (Fsp3) is 0.0909. The standard InChI is InChI=1S/C11H7BrClFN2OS/c1-5-10(18-4-15-5)11(17)16-9-3-8(14)6(12)2-7(9)13/h2-4H,1H3,(H,16,17). The molecule has 0 saturated heterocycles. The zero-order valence-corrected chi connectivity index (χ0v) is 12.3. The number of rotatable bonds is 2. The molecule has 1 N–H and O–H groups in total. The van der Waals surface area contributed by atoms with Gasteiger partial charge in [-0.05, 0) is 28.9 Å². The van der Waals surface area contributed by atoms with Crippen molar-refractivity contribution in [2.75, 3.05) is 5.32 Å². The van der Waals surface area contributed by atoms with E-state index in [-0.39, 0.29) is 21.1 Å². The number of carbonyl (C=O) groups is 1. The van der Waals surface area contributed by atoms with Crippen LogP contribution >= 0.6 is 38.9 Å². The Balaban J connectivity index is 2.28. The SMILES string of the molecule is Cc1ncsc1C(=O)Nc1cc(F)c(Br)cc1Cl. The topological polar surface area (TPSA) is 42.0 Å². The highest BCUT2D eigenvalue weighted by molar-refractivity contribution is 9.10. The van der Waals surface area contributed by atoms with Gasteiger partial charge in [0.05, 0.1) is 26.4 Å². The number of halogens is 3. The van der Waals surface area contributed by atoms with Gasteiger partial charge in [-0.2, -0.15) is 0 Å². The van der Waals surface area contributed by atoms with Crippen LogP contribution in [0, 0.1) is 12.7 Å². The predicted octanol–water partition coefficient (Wildman–Crippen LogP) is 4.26. The first-order chi connectivity index (χ1) is 8.49. The van der Waals surface area contributed by atoms with Gasteiger partial charge in [-0.25, -0.2) is 9.37 Å². The second kappa shape index (κ2) is 5.34. The van der Waals surface area contributed by atoms with E-state index in [0.717, 1.165) is 0 Å². The van der Waals surface area contributed by atoms with E-state index in [2.05, 4.69) is 26.2 Å².